The van der Waals surface area contributed by atoms with Gasteiger partial charge in [-0.05, 0) is 36.2 Å². The number of rotatable bonds is 6. The summed E-state index contributed by atoms with van der Waals surface area (Å²) in [4.78, 5) is 0. The Morgan fingerprint density at radius 2 is 2.10 bits per heavy atom. The van der Waals surface area contributed by atoms with Gasteiger partial charge in [-0.15, -0.1) is 11.3 Å². The van der Waals surface area contributed by atoms with Gasteiger partial charge < -0.3 is 10.1 Å². The third kappa shape index (κ3) is 3.88. The van der Waals surface area contributed by atoms with Crippen LogP contribution < -0.4 is 14.8 Å². The molecular weight excluding hydrogens is 332 g/mol. The summed E-state index contributed by atoms with van der Waals surface area (Å²) in [5.41, 5.74) is 1.21. The molecule has 0 aliphatic carbocycles. The molecule has 2 N–H and O–H groups in total. The predicted molar refractivity (Wildman–Crippen MR) is 85.9 cm³/mol. The van der Waals surface area contributed by atoms with Gasteiger partial charge in [0.15, 0.2) is 0 Å². The van der Waals surface area contributed by atoms with Crippen LogP contribution in [0, 0.1) is 0 Å². The van der Waals surface area contributed by atoms with Gasteiger partial charge in [-0.3, -0.25) is 4.72 Å². The Kier molecular flexibility index (Phi) is 5.10. The molecule has 1 aromatic carbocycles. The van der Waals surface area contributed by atoms with Crippen molar-refractivity contribution < 1.29 is 13.2 Å². The lowest BCUT2D eigenvalue weighted by Gasteiger charge is -2.09. The maximum Gasteiger partial charge on any atom is 0.271 e. The minimum absolute atomic E-state index is 0.242. The molecule has 1 heterocycles. The Balaban J connectivity index is 2.28. The molecule has 0 aliphatic rings. The van der Waals surface area contributed by atoms with E-state index in [1.807, 2.05) is 0 Å². The second-order valence-corrected chi connectivity index (χ2v) is 7.48. The van der Waals surface area contributed by atoms with Gasteiger partial charge in [0, 0.05) is 12.6 Å². The molecule has 5 nitrogen and oxygen atoms in total. The highest BCUT2D eigenvalue weighted by molar-refractivity contribution is 7.94. The highest BCUT2D eigenvalue weighted by atomic mass is 35.5. The number of anilines is 1. The quantitative estimate of drug-likeness (QED) is 0.844. The summed E-state index contributed by atoms with van der Waals surface area (Å²) in [6, 6.07) is 6.43. The van der Waals surface area contributed by atoms with Crippen LogP contribution in [0.3, 0.4) is 0 Å². The van der Waals surface area contributed by atoms with E-state index in [9.17, 15) is 8.42 Å². The Morgan fingerprint density at radius 3 is 2.76 bits per heavy atom. The van der Waals surface area contributed by atoms with E-state index >= 15 is 0 Å². The van der Waals surface area contributed by atoms with E-state index < -0.39 is 10.0 Å². The van der Waals surface area contributed by atoms with Crippen LogP contribution in [0.4, 0.5) is 5.69 Å². The van der Waals surface area contributed by atoms with Crippen molar-refractivity contribution in [3.8, 4) is 5.75 Å². The fourth-order valence-electron chi connectivity index (χ4n) is 1.70. The third-order valence-corrected chi connectivity index (χ3v) is 5.88. The number of thiophene rings is 1. The van der Waals surface area contributed by atoms with Crippen LogP contribution >= 0.6 is 22.9 Å². The molecule has 1 aromatic heterocycles. The highest BCUT2D eigenvalue weighted by Gasteiger charge is 2.18. The van der Waals surface area contributed by atoms with Crippen molar-refractivity contribution in [3.63, 3.8) is 0 Å². The van der Waals surface area contributed by atoms with Crippen LogP contribution in [-0.4, -0.2) is 22.6 Å². The summed E-state index contributed by atoms with van der Waals surface area (Å²) in [6.45, 7) is 0.617. The number of hydrogen-bond donors (Lipinski definition) is 2. The second-order valence-electron chi connectivity index (χ2n) is 4.26. The van der Waals surface area contributed by atoms with Gasteiger partial charge in [0.1, 0.15) is 9.96 Å². The number of nitrogens with one attached hydrogen (secondary N) is 2. The van der Waals surface area contributed by atoms with Gasteiger partial charge in [-0.2, -0.15) is 0 Å². The van der Waals surface area contributed by atoms with Gasteiger partial charge in [0.2, 0.25) is 0 Å². The van der Waals surface area contributed by atoms with Crippen LogP contribution in [0.2, 0.25) is 5.02 Å². The molecule has 21 heavy (non-hydrogen) atoms. The van der Waals surface area contributed by atoms with Crippen LogP contribution in [0.1, 0.15) is 5.56 Å². The summed E-state index contributed by atoms with van der Waals surface area (Å²) < 4.78 is 32.5. The van der Waals surface area contributed by atoms with E-state index in [1.165, 1.54) is 18.4 Å². The van der Waals surface area contributed by atoms with Crippen molar-refractivity contribution in [1.29, 1.82) is 0 Å². The molecule has 0 saturated carbocycles. The maximum absolute atomic E-state index is 12.4. The van der Waals surface area contributed by atoms with Gasteiger partial charge in [0.05, 0.1) is 17.8 Å². The maximum atomic E-state index is 12.4. The Labute approximate surface area is 133 Å². The first-order valence-corrected chi connectivity index (χ1v) is 8.78. The molecule has 0 saturated heterocycles. The molecule has 2 aromatic rings. The summed E-state index contributed by atoms with van der Waals surface area (Å²) in [7, 11) is -0.347. The predicted octanol–water partition coefficient (Wildman–Crippen LogP) is 2.93. The number of ether oxygens (including phenoxy) is 1. The van der Waals surface area contributed by atoms with Crippen LogP contribution in [0.15, 0.2) is 33.9 Å². The molecule has 0 spiro atoms. The van der Waals surface area contributed by atoms with Gasteiger partial charge in [-0.25, -0.2) is 8.42 Å². The van der Waals surface area contributed by atoms with E-state index in [4.69, 9.17) is 16.3 Å². The minimum Gasteiger partial charge on any atom is -0.497 e. The first-order chi connectivity index (χ1) is 9.96. The minimum atomic E-state index is -3.66. The lowest BCUT2D eigenvalue weighted by Crippen LogP contribution is -2.12. The van der Waals surface area contributed by atoms with Crippen molar-refractivity contribution in [2.75, 3.05) is 18.9 Å². The fraction of sp³-hybridized carbons (Fsp3) is 0.231. The lowest BCUT2D eigenvalue weighted by atomic mass is 10.3. The standard InChI is InChI=1S/C13H15ClN2O3S2/c1-15-7-9-5-13(20-8-9)21(17,18)16-12-6-10(19-2)3-4-11(12)14/h3-6,8,15-16H,7H2,1-2H3. The SMILES string of the molecule is CNCc1csc(S(=O)(=O)Nc2cc(OC)ccc2Cl)c1. The number of methoxy groups -OCH3 is 1. The van der Waals surface area contributed by atoms with Crippen molar-refractivity contribution >= 4 is 38.6 Å². The average Bonchev–Trinajstić information content (AvgIpc) is 2.91. The molecule has 114 valence electrons. The molecule has 0 amide bonds. The van der Waals surface area contributed by atoms with Crippen molar-refractivity contribution in [1.82, 2.24) is 5.32 Å². The first kappa shape index (κ1) is 16.1. The van der Waals surface area contributed by atoms with Crippen LogP contribution in [0.5, 0.6) is 5.75 Å². The number of hydrogen-bond acceptors (Lipinski definition) is 5. The van der Waals surface area contributed by atoms with E-state index in [0.29, 0.717) is 23.0 Å². The summed E-state index contributed by atoms with van der Waals surface area (Å²) >= 11 is 7.18. The smallest absolute Gasteiger partial charge is 0.271 e. The normalized spacial score (nSPS) is 11.4. The zero-order chi connectivity index (χ0) is 15.5. The zero-order valence-electron chi connectivity index (χ0n) is 11.5. The third-order valence-electron chi connectivity index (χ3n) is 2.69. The molecule has 2 rings (SSSR count). The van der Waals surface area contributed by atoms with E-state index in [2.05, 4.69) is 10.0 Å². The van der Waals surface area contributed by atoms with E-state index in [0.717, 1.165) is 5.56 Å². The second kappa shape index (κ2) is 6.65. The van der Waals surface area contributed by atoms with Crippen LogP contribution in [0.25, 0.3) is 0 Å². The Morgan fingerprint density at radius 1 is 1.33 bits per heavy atom. The van der Waals surface area contributed by atoms with Crippen molar-refractivity contribution in [3.05, 3.63) is 40.2 Å². The molecule has 0 radical (unpaired) electrons. The van der Waals surface area contributed by atoms with Gasteiger partial charge >= 0.3 is 0 Å². The summed E-state index contributed by atoms with van der Waals surface area (Å²) in [6.07, 6.45) is 0. The lowest BCUT2D eigenvalue weighted by molar-refractivity contribution is 0.415. The number of halogens is 1. The molecule has 8 heteroatoms. The molecular formula is C13H15ClN2O3S2. The molecule has 0 fully saturated rings. The first-order valence-electron chi connectivity index (χ1n) is 6.04. The van der Waals surface area contributed by atoms with E-state index in [1.54, 1.807) is 36.7 Å². The van der Waals surface area contributed by atoms with Gasteiger partial charge in [-0.1, -0.05) is 11.6 Å². The Hall–Kier alpha value is -1.28. The molecule has 0 unspecified atom stereocenters. The molecule has 0 atom stereocenters. The molecule has 0 aliphatic heterocycles. The van der Waals surface area contributed by atoms with Crippen LogP contribution in [-0.2, 0) is 16.6 Å². The monoisotopic (exact) mass is 346 g/mol. The number of benzene rings is 1. The zero-order valence-corrected chi connectivity index (χ0v) is 13.9. The number of sulfonamides is 1. The highest BCUT2D eigenvalue weighted by Crippen LogP contribution is 2.30. The van der Waals surface area contributed by atoms with E-state index in [-0.39, 0.29) is 4.21 Å². The van der Waals surface area contributed by atoms with Gasteiger partial charge in [0.25, 0.3) is 10.0 Å². The largest absolute Gasteiger partial charge is 0.497 e. The summed E-state index contributed by atoms with van der Waals surface area (Å²) in [5, 5.41) is 5.09. The Bertz CT molecular complexity index is 729. The topological polar surface area (TPSA) is 67.4 Å². The molecule has 0 bridgehead atoms. The average molecular weight is 347 g/mol. The fourth-order valence-corrected chi connectivity index (χ4v) is 4.20. The van der Waals surface area contributed by atoms with Crippen molar-refractivity contribution in [2.45, 2.75) is 10.8 Å². The van der Waals surface area contributed by atoms with Crippen molar-refractivity contribution in [2.24, 2.45) is 0 Å². The summed E-state index contributed by atoms with van der Waals surface area (Å²) in [5.74, 6) is 0.527.